The molecule has 0 unspecified atom stereocenters. The Hall–Kier alpha value is -0.493. The monoisotopic (exact) mass is 274 g/mol. The van der Waals surface area contributed by atoms with Gasteiger partial charge in [-0.2, -0.15) is 0 Å². The number of carbonyl (C=O) groups excluding carboxylic acids is 1. The molecular weight excluding hydrogens is 248 g/mol. The van der Waals surface area contributed by atoms with Gasteiger partial charge in [0.2, 0.25) is 0 Å². The Morgan fingerprint density at radius 1 is 1.22 bits per heavy atom. The largest absolute Gasteiger partial charge is 0.501 e. The van der Waals surface area contributed by atoms with Crippen molar-refractivity contribution in [3.63, 3.8) is 0 Å². The van der Waals surface area contributed by atoms with Gasteiger partial charge >= 0.3 is 8.80 Å². The highest BCUT2D eigenvalue weighted by atomic mass is 28.4. The average Bonchev–Trinajstić information content (AvgIpc) is 2.28. The minimum atomic E-state index is -2.78. The first kappa shape index (κ1) is 17.5. The molecule has 0 amide bonds. The predicted molar refractivity (Wildman–Crippen MR) is 74.5 cm³/mol. The number of rotatable bonds is 10. The second-order valence-corrected chi connectivity index (χ2v) is 7.13. The number of carbonyl (C=O) groups is 1. The van der Waals surface area contributed by atoms with E-state index in [2.05, 4.69) is 6.58 Å². The van der Waals surface area contributed by atoms with Crippen LogP contribution in [0.5, 0.6) is 0 Å². The molecule has 0 aromatic carbocycles. The van der Waals surface area contributed by atoms with E-state index >= 15 is 0 Å². The summed E-state index contributed by atoms with van der Waals surface area (Å²) in [6.07, 6.45) is 2.17. The van der Waals surface area contributed by atoms with Gasteiger partial charge in [-0.05, 0) is 33.8 Å². The van der Waals surface area contributed by atoms with Gasteiger partial charge in [-0.25, -0.2) is 0 Å². The van der Waals surface area contributed by atoms with Crippen LogP contribution in [-0.2, 0) is 18.1 Å². The Morgan fingerprint density at radius 2 is 1.72 bits per heavy atom. The molecule has 0 N–H and O–H groups in total. The molecule has 18 heavy (non-hydrogen) atoms. The lowest BCUT2D eigenvalue weighted by atomic mass is 10.0. The second-order valence-electron chi connectivity index (χ2n) is 4.48. The lowest BCUT2D eigenvalue weighted by molar-refractivity contribution is -0.131. The van der Waals surface area contributed by atoms with E-state index in [0.717, 1.165) is 6.42 Å². The van der Waals surface area contributed by atoms with Crippen molar-refractivity contribution in [1.82, 2.24) is 0 Å². The fraction of sp³-hybridized carbons (Fsp3) is 0.769. The van der Waals surface area contributed by atoms with E-state index in [0.29, 0.717) is 19.3 Å². The van der Waals surface area contributed by atoms with Crippen LogP contribution in [0, 0.1) is 0 Å². The minimum Gasteiger partial charge on any atom is -0.374 e. The highest BCUT2D eigenvalue weighted by molar-refractivity contribution is 6.61. The van der Waals surface area contributed by atoms with E-state index in [4.69, 9.17) is 13.3 Å². The topological polar surface area (TPSA) is 44.8 Å². The summed E-state index contributed by atoms with van der Waals surface area (Å²) in [6, 6.07) is 0.711. The fourth-order valence-corrected chi connectivity index (χ4v) is 4.69. The summed E-state index contributed by atoms with van der Waals surface area (Å²) in [5, 5.41) is 0. The molecule has 5 heteroatoms. The molecule has 0 heterocycles. The third-order valence-electron chi connectivity index (χ3n) is 2.47. The molecule has 0 aromatic rings. The van der Waals surface area contributed by atoms with Crippen molar-refractivity contribution >= 4 is 14.6 Å². The molecule has 0 bridgehead atoms. The maximum absolute atomic E-state index is 11.8. The molecule has 0 aromatic heterocycles. The predicted octanol–water partition coefficient (Wildman–Crippen LogP) is 2.96. The minimum absolute atomic E-state index is 0.158. The highest BCUT2D eigenvalue weighted by Gasteiger charge is 2.46. The van der Waals surface area contributed by atoms with E-state index in [9.17, 15) is 4.79 Å². The van der Waals surface area contributed by atoms with Gasteiger partial charge in [0.25, 0.3) is 0 Å². The summed E-state index contributed by atoms with van der Waals surface area (Å²) in [6.45, 7) is 13.9. The normalized spacial score (nSPS) is 12.5. The quantitative estimate of drug-likeness (QED) is 0.454. The van der Waals surface area contributed by atoms with E-state index in [1.54, 1.807) is 13.8 Å². The van der Waals surface area contributed by atoms with Gasteiger partial charge < -0.3 is 13.3 Å². The van der Waals surface area contributed by atoms with Gasteiger partial charge in [0.05, 0.1) is 0 Å². The zero-order chi connectivity index (χ0) is 14.2. The van der Waals surface area contributed by atoms with E-state index in [1.165, 1.54) is 6.08 Å². The van der Waals surface area contributed by atoms with E-state index < -0.39 is 14.4 Å². The van der Waals surface area contributed by atoms with Crippen LogP contribution in [-0.4, -0.2) is 33.4 Å². The van der Waals surface area contributed by atoms with Crippen LogP contribution in [0.2, 0.25) is 6.04 Å². The SMILES string of the molecule is C=CC(=O)C(C)(C)O[Si](CCC)(OCC)OCC. The summed E-state index contributed by atoms with van der Waals surface area (Å²) in [4.78, 5) is 11.8. The van der Waals surface area contributed by atoms with Gasteiger partial charge in [0.1, 0.15) is 5.60 Å². The van der Waals surface area contributed by atoms with Gasteiger partial charge in [-0.1, -0.05) is 19.9 Å². The Morgan fingerprint density at radius 3 is 2.06 bits per heavy atom. The number of hydrogen-bond donors (Lipinski definition) is 0. The Bertz CT molecular complexity index is 259. The number of hydrogen-bond acceptors (Lipinski definition) is 4. The summed E-state index contributed by atoms with van der Waals surface area (Å²) >= 11 is 0. The lowest BCUT2D eigenvalue weighted by Crippen LogP contribution is -2.53. The Labute approximate surface area is 112 Å². The fourth-order valence-electron chi connectivity index (χ4n) is 1.73. The van der Waals surface area contributed by atoms with Crippen molar-refractivity contribution in [3.05, 3.63) is 12.7 Å². The maximum Gasteiger partial charge on any atom is 0.501 e. The van der Waals surface area contributed by atoms with E-state index in [-0.39, 0.29) is 5.78 Å². The second kappa shape index (κ2) is 7.84. The summed E-state index contributed by atoms with van der Waals surface area (Å²) in [5.41, 5.74) is -0.951. The zero-order valence-corrected chi connectivity index (χ0v) is 13.2. The summed E-state index contributed by atoms with van der Waals surface area (Å²) in [7, 11) is -2.78. The van der Waals surface area contributed by atoms with Crippen LogP contribution in [0.25, 0.3) is 0 Å². The van der Waals surface area contributed by atoms with Crippen LogP contribution in [0.1, 0.15) is 41.0 Å². The van der Waals surface area contributed by atoms with Gasteiger partial charge in [0, 0.05) is 19.3 Å². The van der Waals surface area contributed by atoms with Crippen LogP contribution in [0.4, 0.5) is 0 Å². The smallest absolute Gasteiger partial charge is 0.374 e. The molecule has 0 radical (unpaired) electrons. The van der Waals surface area contributed by atoms with Crippen LogP contribution < -0.4 is 0 Å². The number of ketones is 1. The molecule has 0 rings (SSSR count). The van der Waals surface area contributed by atoms with Crippen molar-refractivity contribution in [2.75, 3.05) is 13.2 Å². The molecule has 0 saturated carbocycles. The van der Waals surface area contributed by atoms with Crippen molar-refractivity contribution in [2.45, 2.75) is 52.7 Å². The summed E-state index contributed by atoms with van der Waals surface area (Å²) in [5.74, 6) is -0.158. The van der Waals surface area contributed by atoms with E-state index in [1.807, 2.05) is 20.8 Å². The molecule has 0 saturated heterocycles. The standard InChI is InChI=1S/C13H26O4Si/c1-7-11-18(15-9-3,16-10-4)17-13(5,6)12(14)8-2/h8H,2,7,9-11H2,1,3-6H3. The molecular formula is C13H26O4Si. The summed E-state index contributed by atoms with van der Waals surface area (Å²) < 4.78 is 17.5. The zero-order valence-electron chi connectivity index (χ0n) is 12.2. The third kappa shape index (κ3) is 5.02. The van der Waals surface area contributed by atoms with Gasteiger partial charge in [-0.15, -0.1) is 0 Å². The van der Waals surface area contributed by atoms with Crippen LogP contribution in [0.15, 0.2) is 12.7 Å². The average molecular weight is 274 g/mol. The first-order valence-electron chi connectivity index (χ1n) is 6.52. The Balaban J connectivity index is 5.05. The van der Waals surface area contributed by atoms with Crippen molar-refractivity contribution in [3.8, 4) is 0 Å². The molecule has 0 atom stereocenters. The Kier molecular flexibility index (Phi) is 7.62. The molecule has 106 valence electrons. The lowest BCUT2D eigenvalue weighted by Gasteiger charge is -2.35. The van der Waals surface area contributed by atoms with Crippen molar-refractivity contribution < 1.29 is 18.1 Å². The maximum atomic E-state index is 11.8. The van der Waals surface area contributed by atoms with Crippen LogP contribution >= 0.6 is 0 Å². The molecule has 0 spiro atoms. The molecule has 4 nitrogen and oxygen atoms in total. The molecule has 0 fully saturated rings. The molecule has 0 aliphatic carbocycles. The van der Waals surface area contributed by atoms with Crippen molar-refractivity contribution in [2.24, 2.45) is 0 Å². The highest BCUT2D eigenvalue weighted by Crippen LogP contribution is 2.25. The van der Waals surface area contributed by atoms with Crippen molar-refractivity contribution in [1.29, 1.82) is 0 Å². The molecule has 0 aliphatic heterocycles. The third-order valence-corrected chi connectivity index (χ3v) is 5.86. The molecule has 0 aliphatic rings. The van der Waals surface area contributed by atoms with Gasteiger partial charge in [-0.3, -0.25) is 4.79 Å². The van der Waals surface area contributed by atoms with Crippen LogP contribution in [0.3, 0.4) is 0 Å². The first-order chi connectivity index (χ1) is 8.37. The first-order valence-corrected chi connectivity index (χ1v) is 8.45. The van der Waals surface area contributed by atoms with Gasteiger partial charge in [0.15, 0.2) is 5.78 Å².